The van der Waals surface area contributed by atoms with Crippen molar-refractivity contribution >= 4 is 5.97 Å². The Labute approximate surface area is 90.2 Å². The van der Waals surface area contributed by atoms with Gasteiger partial charge in [-0.15, -0.1) is 0 Å². The van der Waals surface area contributed by atoms with Gasteiger partial charge in [-0.05, 0) is 6.07 Å². The van der Waals surface area contributed by atoms with E-state index in [1.165, 1.54) is 0 Å². The maximum absolute atomic E-state index is 11.1. The normalized spacial score (nSPS) is 10.3. The van der Waals surface area contributed by atoms with Gasteiger partial charge in [0.15, 0.2) is 0 Å². The van der Waals surface area contributed by atoms with Gasteiger partial charge in [-0.3, -0.25) is 0 Å². The van der Waals surface area contributed by atoms with E-state index >= 15 is 0 Å². The van der Waals surface area contributed by atoms with E-state index in [2.05, 4.69) is 9.97 Å². The fourth-order valence-electron chi connectivity index (χ4n) is 1.44. The van der Waals surface area contributed by atoms with Gasteiger partial charge in [0, 0.05) is 31.2 Å². The summed E-state index contributed by atoms with van der Waals surface area (Å²) in [5.74, 6) is -1.12. The minimum atomic E-state index is -1.12. The fourth-order valence-corrected chi connectivity index (χ4v) is 1.44. The van der Waals surface area contributed by atoms with Crippen molar-refractivity contribution < 1.29 is 9.90 Å². The molecule has 0 aromatic carbocycles. The van der Waals surface area contributed by atoms with Crippen LogP contribution in [0.4, 0.5) is 0 Å². The minimum absolute atomic E-state index is 0.0224. The molecule has 0 radical (unpaired) electrons. The number of hydrogen-bond acceptors (Lipinski definition) is 3. The van der Waals surface area contributed by atoms with Crippen LogP contribution >= 0.6 is 0 Å². The number of nitrogens with one attached hydrogen (secondary N) is 1. The first-order chi connectivity index (χ1) is 7.58. The smallest absolute Gasteiger partial charge is 0.345 e. The van der Waals surface area contributed by atoms with Gasteiger partial charge >= 0.3 is 11.7 Å². The van der Waals surface area contributed by atoms with Gasteiger partial charge in [0.2, 0.25) is 0 Å². The molecule has 2 heterocycles. The van der Waals surface area contributed by atoms with Crippen LogP contribution < -0.4 is 5.69 Å². The van der Waals surface area contributed by atoms with Crippen LogP contribution in [0.25, 0.3) is 11.3 Å². The number of aromatic carboxylic acids is 1. The average Bonchev–Trinajstić information content (AvgIpc) is 2.64. The number of hydrogen-bond donors (Lipinski definition) is 2. The largest absolute Gasteiger partial charge is 0.478 e. The second kappa shape index (κ2) is 3.65. The molecule has 16 heavy (non-hydrogen) atoms. The van der Waals surface area contributed by atoms with Crippen LogP contribution in [0.5, 0.6) is 0 Å². The summed E-state index contributed by atoms with van der Waals surface area (Å²) in [6.07, 6.45) is 4.54. The van der Waals surface area contributed by atoms with Crippen LogP contribution in [0.1, 0.15) is 10.4 Å². The molecular weight excluding hydrogens is 210 g/mol. The van der Waals surface area contributed by atoms with Crippen LogP contribution in [0.3, 0.4) is 0 Å². The zero-order chi connectivity index (χ0) is 11.7. The summed E-state index contributed by atoms with van der Waals surface area (Å²) in [6.45, 7) is 0. The maximum atomic E-state index is 11.1. The lowest BCUT2D eigenvalue weighted by Crippen LogP contribution is -2.14. The van der Waals surface area contributed by atoms with Crippen LogP contribution in [0.15, 0.2) is 29.5 Å². The number of aromatic amines is 1. The first kappa shape index (κ1) is 10.2. The summed E-state index contributed by atoms with van der Waals surface area (Å²) in [5, 5.41) is 8.96. The Balaban J connectivity index is 2.67. The Kier molecular flexibility index (Phi) is 2.32. The highest BCUT2D eigenvalue weighted by Gasteiger charge is 2.13. The lowest BCUT2D eigenvalue weighted by Gasteiger charge is -2.01. The van der Waals surface area contributed by atoms with Crippen molar-refractivity contribution in [3.05, 3.63) is 40.7 Å². The van der Waals surface area contributed by atoms with Crippen molar-refractivity contribution in [2.24, 2.45) is 7.05 Å². The highest BCUT2D eigenvalue weighted by atomic mass is 16.4. The molecule has 0 aliphatic rings. The van der Waals surface area contributed by atoms with Crippen molar-refractivity contribution in [3.8, 4) is 11.3 Å². The van der Waals surface area contributed by atoms with Gasteiger partial charge in [0.25, 0.3) is 0 Å². The standard InChI is InChI=1S/C10H9N3O3/c1-13-3-2-6(5-13)8-7(9(14)15)4-11-10(16)12-8/h2-5H,1H3,(H,14,15)(H,11,12,16). The molecule has 2 rings (SSSR count). The van der Waals surface area contributed by atoms with Crippen molar-refractivity contribution in [2.75, 3.05) is 0 Å². The molecule has 2 N–H and O–H groups in total. The third-order valence-corrected chi connectivity index (χ3v) is 2.16. The number of nitrogens with zero attached hydrogens (tertiary/aromatic N) is 2. The number of aromatic nitrogens is 3. The minimum Gasteiger partial charge on any atom is -0.478 e. The van der Waals surface area contributed by atoms with E-state index in [4.69, 9.17) is 5.11 Å². The fraction of sp³-hybridized carbons (Fsp3) is 0.100. The van der Waals surface area contributed by atoms with Gasteiger partial charge < -0.3 is 14.7 Å². The van der Waals surface area contributed by atoms with E-state index in [1.54, 1.807) is 23.0 Å². The third kappa shape index (κ3) is 1.72. The van der Waals surface area contributed by atoms with Crippen LogP contribution in [0.2, 0.25) is 0 Å². The lowest BCUT2D eigenvalue weighted by atomic mass is 10.1. The van der Waals surface area contributed by atoms with Crippen LogP contribution in [0, 0.1) is 0 Å². The van der Waals surface area contributed by atoms with E-state index in [-0.39, 0.29) is 11.3 Å². The van der Waals surface area contributed by atoms with Gasteiger partial charge in [-0.1, -0.05) is 0 Å². The molecule has 0 bridgehead atoms. The van der Waals surface area contributed by atoms with Crippen molar-refractivity contribution in [1.29, 1.82) is 0 Å². The van der Waals surface area contributed by atoms with Crippen LogP contribution in [-0.4, -0.2) is 25.6 Å². The summed E-state index contributed by atoms with van der Waals surface area (Å²) in [5.41, 5.74) is 0.321. The van der Waals surface area contributed by atoms with Crippen molar-refractivity contribution in [3.63, 3.8) is 0 Å². The molecule has 2 aromatic rings. The number of carbonyl (C=O) groups is 1. The van der Waals surface area contributed by atoms with E-state index in [9.17, 15) is 9.59 Å². The topological polar surface area (TPSA) is 88.0 Å². The lowest BCUT2D eigenvalue weighted by molar-refractivity contribution is 0.0697. The summed E-state index contributed by atoms with van der Waals surface area (Å²) in [4.78, 5) is 27.8. The number of carboxylic acid groups (broad SMARTS) is 1. The number of carboxylic acids is 1. The molecule has 0 fully saturated rings. The van der Waals surface area contributed by atoms with Gasteiger partial charge in [0.05, 0.1) is 5.69 Å². The Bertz CT molecular complexity index is 597. The molecule has 2 aromatic heterocycles. The van der Waals surface area contributed by atoms with Crippen molar-refractivity contribution in [1.82, 2.24) is 14.5 Å². The molecule has 0 saturated carbocycles. The average molecular weight is 219 g/mol. The highest BCUT2D eigenvalue weighted by molar-refractivity contribution is 5.94. The summed E-state index contributed by atoms with van der Waals surface area (Å²) in [6, 6.07) is 1.72. The van der Waals surface area contributed by atoms with E-state index in [1.807, 2.05) is 7.05 Å². The second-order valence-electron chi connectivity index (χ2n) is 3.35. The zero-order valence-electron chi connectivity index (χ0n) is 8.47. The highest BCUT2D eigenvalue weighted by Crippen LogP contribution is 2.19. The number of H-pyrrole nitrogens is 1. The molecule has 6 nitrogen and oxygen atoms in total. The molecule has 0 aliphatic carbocycles. The monoisotopic (exact) mass is 219 g/mol. The van der Waals surface area contributed by atoms with Crippen LogP contribution in [-0.2, 0) is 7.05 Å². The predicted octanol–water partition coefficient (Wildman–Crippen LogP) is 0.474. The maximum Gasteiger partial charge on any atom is 0.345 e. The summed E-state index contributed by atoms with van der Waals surface area (Å²) in [7, 11) is 1.81. The van der Waals surface area contributed by atoms with Crippen molar-refractivity contribution in [2.45, 2.75) is 0 Å². The Morgan fingerprint density at radius 1 is 1.56 bits per heavy atom. The molecule has 0 atom stereocenters. The molecule has 82 valence electrons. The molecule has 6 heteroatoms. The predicted molar refractivity (Wildman–Crippen MR) is 56.2 cm³/mol. The SMILES string of the molecule is Cn1ccc(-c2[nH]c(=O)ncc2C(=O)O)c1. The summed E-state index contributed by atoms with van der Waals surface area (Å²) < 4.78 is 1.76. The third-order valence-electron chi connectivity index (χ3n) is 2.16. The number of rotatable bonds is 2. The van der Waals surface area contributed by atoms with E-state index < -0.39 is 11.7 Å². The zero-order valence-corrected chi connectivity index (χ0v) is 8.47. The van der Waals surface area contributed by atoms with E-state index in [0.29, 0.717) is 5.56 Å². The Morgan fingerprint density at radius 3 is 2.88 bits per heavy atom. The first-order valence-electron chi connectivity index (χ1n) is 4.53. The Morgan fingerprint density at radius 2 is 2.31 bits per heavy atom. The molecular formula is C10H9N3O3. The van der Waals surface area contributed by atoms with E-state index in [0.717, 1.165) is 6.20 Å². The molecule has 0 spiro atoms. The quantitative estimate of drug-likeness (QED) is 0.768. The van der Waals surface area contributed by atoms with Gasteiger partial charge in [0.1, 0.15) is 5.56 Å². The molecule has 0 aliphatic heterocycles. The first-order valence-corrected chi connectivity index (χ1v) is 4.53. The second-order valence-corrected chi connectivity index (χ2v) is 3.35. The summed E-state index contributed by atoms with van der Waals surface area (Å²) >= 11 is 0. The molecule has 0 amide bonds. The van der Waals surface area contributed by atoms with Gasteiger partial charge in [-0.25, -0.2) is 14.6 Å². The number of aryl methyl sites for hydroxylation is 1. The Hall–Kier alpha value is -2.37. The molecule has 0 saturated heterocycles. The molecule has 0 unspecified atom stereocenters. The van der Waals surface area contributed by atoms with Gasteiger partial charge in [-0.2, -0.15) is 0 Å².